The fourth-order valence-corrected chi connectivity index (χ4v) is 2.08. The van der Waals surface area contributed by atoms with Crippen LogP contribution in [0.2, 0.25) is 5.02 Å². The Labute approximate surface area is 137 Å². The van der Waals surface area contributed by atoms with E-state index in [1.165, 1.54) is 0 Å². The summed E-state index contributed by atoms with van der Waals surface area (Å²) in [5.41, 5.74) is 3.51. The molecule has 1 aromatic carbocycles. The molecule has 2 nitrogen and oxygen atoms in total. The fraction of sp³-hybridized carbons (Fsp3) is 0.214. The molecule has 0 saturated carbocycles. The minimum absolute atomic E-state index is 0. The van der Waals surface area contributed by atoms with E-state index in [1.807, 2.05) is 25.1 Å². The third kappa shape index (κ3) is 2.93. The van der Waals surface area contributed by atoms with Crippen LogP contribution < -0.4 is 5.56 Å². The summed E-state index contributed by atoms with van der Waals surface area (Å²) in [6.45, 7) is 3.76. The molecule has 1 aromatic heterocycles. The standard InChI is InChI=1S/C14H13ClNO.Y/c1-9-4-7-13(16(3)14(9)17)12-6-5-11(15)8-10(12)2;/h4-6,8H,1-3H3;/q-1;. The molecule has 0 saturated heterocycles. The van der Waals surface area contributed by atoms with E-state index < -0.39 is 0 Å². The van der Waals surface area contributed by atoms with Crippen molar-refractivity contribution in [3.63, 3.8) is 0 Å². The van der Waals surface area contributed by atoms with E-state index in [9.17, 15) is 4.79 Å². The van der Waals surface area contributed by atoms with E-state index in [4.69, 9.17) is 11.6 Å². The maximum Gasteiger partial charge on any atom is 0.197 e. The molecular weight excluding hydrogens is 323 g/mol. The van der Waals surface area contributed by atoms with Crippen molar-refractivity contribution in [1.29, 1.82) is 0 Å². The molecular formula is C14H13ClNOY-. The van der Waals surface area contributed by atoms with Crippen molar-refractivity contribution >= 4 is 11.6 Å². The average molecular weight is 336 g/mol. The molecule has 0 fully saturated rings. The molecule has 0 unspecified atom stereocenters. The first kappa shape index (κ1) is 15.6. The molecule has 1 radical (unpaired) electrons. The molecule has 0 aliphatic carbocycles. The number of hydrogen-bond donors (Lipinski definition) is 0. The van der Waals surface area contributed by atoms with Gasteiger partial charge in [0, 0.05) is 44.8 Å². The Morgan fingerprint density at radius 1 is 1.22 bits per heavy atom. The third-order valence-electron chi connectivity index (χ3n) is 2.85. The van der Waals surface area contributed by atoms with Crippen molar-refractivity contribution in [1.82, 2.24) is 4.57 Å². The summed E-state index contributed by atoms with van der Waals surface area (Å²) in [6, 6.07) is 10.5. The number of nitrogens with zero attached hydrogens (tertiary/aromatic N) is 1. The van der Waals surface area contributed by atoms with Crippen LogP contribution in [0.15, 0.2) is 29.1 Å². The fourth-order valence-electron chi connectivity index (χ4n) is 1.85. The molecule has 0 spiro atoms. The number of benzene rings is 1. The normalized spacial score (nSPS) is 10.0. The number of hydrogen-bond acceptors (Lipinski definition) is 1. The van der Waals surface area contributed by atoms with Crippen molar-refractivity contribution in [2.75, 3.05) is 0 Å². The summed E-state index contributed by atoms with van der Waals surface area (Å²) >= 11 is 5.92. The first-order chi connectivity index (χ1) is 8.00. The Kier molecular flexibility index (Phi) is 5.33. The van der Waals surface area contributed by atoms with Crippen LogP contribution in [0.5, 0.6) is 0 Å². The van der Waals surface area contributed by atoms with E-state index in [2.05, 4.69) is 6.07 Å². The van der Waals surface area contributed by atoms with Gasteiger partial charge in [0.05, 0.1) is 0 Å². The molecule has 0 aliphatic heterocycles. The van der Waals surface area contributed by atoms with Crippen LogP contribution in [0.25, 0.3) is 11.3 Å². The van der Waals surface area contributed by atoms with Gasteiger partial charge in [0.25, 0.3) is 0 Å². The monoisotopic (exact) mass is 335 g/mol. The van der Waals surface area contributed by atoms with Crippen molar-refractivity contribution in [3.05, 3.63) is 56.8 Å². The van der Waals surface area contributed by atoms with Gasteiger partial charge < -0.3 is 4.57 Å². The first-order valence-corrected chi connectivity index (χ1v) is 5.73. The van der Waals surface area contributed by atoms with E-state index in [1.54, 1.807) is 24.6 Å². The largest absolute Gasteiger partial charge is 0.345 e. The summed E-state index contributed by atoms with van der Waals surface area (Å²) in [4.78, 5) is 11.9. The van der Waals surface area contributed by atoms with Gasteiger partial charge in [0.1, 0.15) is 0 Å². The van der Waals surface area contributed by atoms with E-state index in [0.717, 1.165) is 16.8 Å². The second-order valence-corrected chi connectivity index (χ2v) is 4.58. The number of rotatable bonds is 1. The molecule has 0 aliphatic rings. The van der Waals surface area contributed by atoms with Gasteiger partial charge in [-0.15, -0.1) is 6.07 Å². The average Bonchev–Trinajstić information content (AvgIpc) is 2.28. The summed E-state index contributed by atoms with van der Waals surface area (Å²) in [5, 5.41) is 0.698. The van der Waals surface area contributed by atoms with Crippen LogP contribution in [0.4, 0.5) is 0 Å². The van der Waals surface area contributed by atoms with Crippen LogP contribution in [-0.2, 0) is 39.8 Å². The second-order valence-electron chi connectivity index (χ2n) is 4.14. The van der Waals surface area contributed by atoms with Gasteiger partial charge >= 0.3 is 0 Å². The number of halogens is 1. The summed E-state index contributed by atoms with van der Waals surface area (Å²) in [5.74, 6) is 0. The second kappa shape index (κ2) is 6.14. The molecule has 2 rings (SSSR count). The Hall–Kier alpha value is -0.436. The predicted molar refractivity (Wildman–Crippen MR) is 70.4 cm³/mol. The number of pyridine rings is 1. The summed E-state index contributed by atoms with van der Waals surface area (Å²) < 4.78 is 1.62. The minimum Gasteiger partial charge on any atom is -0.345 e. The van der Waals surface area contributed by atoms with Gasteiger partial charge in [-0.2, -0.15) is 12.1 Å². The Morgan fingerprint density at radius 3 is 2.50 bits per heavy atom. The van der Waals surface area contributed by atoms with E-state index >= 15 is 0 Å². The van der Waals surface area contributed by atoms with Crippen LogP contribution in [0.1, 0.15) is 11.1 Å². The molecule has 91 valence electrons. The number of aromatic nitrogens is 1. The molecule has 4 heteroatoms. The molecule has 0 amide bonds. The van der Waals surface area contributed by atoms with Gasteiger partial charge in [-0.1, -0.05) is 60.0 Å². The Morgan fingerprint density at radius 2 is 1.89 bits per heavy atom. The van der Waals surface area contributed by atoms with Crippen LogP contribution in [0.3, 0.4) is 0 Å². The zero-order chi connectivity index (χ0) is 12.6. The van der Waals surface area contributed by atoms with Gasteiger partial charge in [0.15, 0.2) is 5.56 Å². The molecule has 2 aromatic rings. The minimum atomic E-state index is 0. The Bertz CT molecular complexity index is 634. The van der Waals surface area contributed by atoms with Crippen LogP contribution >= 0.6 is 11.6 Å². The van der Waals surface area contributed by atoms with Gasteiger partial charge in [0.2, 0.25) is 0 Å². The summed E-state index contributed by atoms with van der Waals surface area (Å²) in [6.07, 6.45) is 0. The molecule has 0 N–H and O–H groups in total. The molecule has 0 atom stereocenters. The molecule has 0 bridgehead atoms. The smallest absolute Gasteiger partial charge is 0.197 e. The SMILES string of the molecule is Cc1cc(Cl)ccc1-c1[c-]cc(C)c(=O)n1C.[Y]. The zero-order valence-electron chi connectivity index (χ0n) is 10.6. The molecule has 1 heterocycles. The molecule has 18 heavy (non-hydrogen) atoms. The maximum absolute atomic E-state index is 11.9. The topological polar surface area (TPSA) is 22.0 Å². The van der Waals surface area contributed by atoms with Gasteiger partial charge in [-0.25, -0.2) is 0 Å². The third-order valence-corrected chi connectivity index (χ3v) is 3.08. The van der Waals surface area contributed by atoms with Crippen LogP contribution in [0, 0.1) is 19.9 Å². The zero-order valence-corrected chi connectivity index (χ0v) is 14.2. The van der Waals surface area contributed by atoms with Crippen LogP contribution in [-0.4, -0.2) is 4.57 Å². The maximum atomic E-state index is 11.9. The van der Waals surface area contributed by atoms with Crippen molar-refractivity contribution < 1.29 is 32.7 Å². The van der Waals surface area contributed by atoms with Crippen molar-refractivity contribution in [2.24, 2.45) is 7.05 Å². The quantitative estimate of drug-likeness (QED) is 0.734. The predicted octanol–water partition coefficient (Wildman–Crippen LogP) is 3.12. The first-order valence-electron chi connectivity index (χ1n) is 5.35. The summed E-state index contributed by atoms with van der Waals surface area (Å²) in [7, 11) is 1.76. The van der Waals surface area contributed by atoms with Crippen molar-refractivity contribution in [3.8, 4) is 11.3 Å². The van der Waals surface area contributed by atoms with E-state index in [-0.39, 0.29) is 38.3 Å². The van der Waals surface area contributed by atoms with Gasteiger partial charge in [-0.05, 0) is 0 Å². The van der Waals surface area contributed by atoms with Crippen molar-refractivity contribution in [2.45, 2.75) is 13.8 Å². The van der Waals surface area contributed by atoms with E-state index in [0.29, 0.717) is 10.6 Å². The Balaban J connectivity index is 0.00000162. The number of aryl methyl sites for hydroxylation is 2. The van der Waals surface area contributed by atoms with Gasteiger partial charge in [-0.3, -0.25) is 4.79 Å².